The molecule has 0 heterocycles. The number of phosphoric ester groups is 2. The normalized spacial score (nSPS) is 14.2. The fraction of sp³-hybridized carbons (Fsp3) is 0.944. The van der Waals surface area contributed by atoms with Crippen molar-refractivity contribution in [3.05, 3.63) is 0 Å². The Balaban J connectivity index is 5.25. The molecular formula is C71H138O17P2. The van der Waals surface area contributed by atoms with E-state index in [1.54, 1.807) is 0 Å². The molecule has 17 nitrogen and oxygen atoms in total. The number of aliphatic hydroxyl groups excluding tert-OH is 1. The Hall–Kier alpha value is -1.94. The van der Waals surface area contributed by atoms with Crippen LogP contribution in [0, 0.1) is 17.8 Å². The number of carbonyl (C=O) groups excluding carboxylic acids is 4. The van der Waals surface area contributed by atoms with Gasteiger partial charge in [-0.25, -0.2) is 9.13 Å². The predicted octanol–water partition coefficient (Wildman–Crippen LogP) is 20.2. The van der Waals surface area contributed by atoms with Crippen LogP contribution in [0.2, 0.25) is 0 Å². The van der Waals surface area contributed by atoms with Gasteiger partial charge in [0.05, 0.1) is 26.4 Å². The third-order valence-corrected chi connectivity index (χ3v) is 18.3. The van der Waals surface area contributed by atoms with Crippen molar-refractivity contribution in [2.24, 2.45) is 17.8 Å². The van der Waals surface area contributed by atoms with E-state index in [2.05, 4.69) is 48.5 Å². The van der Waals surface area contributed by atoms with Crippen LogP contribution in [0.25, 0.3) is 0 Å². The number of aliphatic hydroxyl groups is 1. The second-order valence-corrected chi connectivity index (χ2v) is 30.0. The van der Waals surface area contributed by atoms with Crippen LogP contribution in [0.4, 0.5) is 0 Å². The number of rotatable bonds is 69. The molecule has 3 N–H and O–H groups in total. The van der Waals surface area contributed by atoms with E-state index in [-0.39, 0.29) is 25.7 Å². The molecule has 2 unspecified atom stereocenters. The number of ether oxygens (including phenoxy) is 4. The summed E-state index contributed by atoms with van der Waals surface area (Å²) in [5.41, 5.74) is 0. The van der Waals surface area contributed by atoms with Gasteiger partial charge in [-0.1, -0.05) is 305 Å². The van der Waals surface area contributed by atoms with Crippen LogP contribution in [0.1, 0.15) is 357 Å². The number of phosphoric acid groups is 2. The SMILES string of the molecule is CCCCCCCCCCCCC(=O)OC[C@H](COP(=O)(O)OC[C@H](O)COP(=O)(O)OC[C@@H](COC(=O)CCCCCCCCCCCC(C)C)OC(=O)CCCCCCCCCCCCCCCC(C)C)OC(=O)CCCCCCCCCCCC(C)C. The van der Waals surface area contributed by atoms with Gasteiger partial charge in [0.2, 0.25) is 0 Å². The molecule has 5 atom stereocenters. The fourth-order valence-corrected chi connectivity index (χ4v) is 12.3. The molecule has 0 aliphatic rings. The smallest absolute Gasteiger partial charge is 0.462 e. The lowest BCUT2D eigenvalue weighted by molar-refractivity contribution is -0.161. The molecule has 0 fully saturated rings. The predicted molar refractivity (Wildman–Crippen MR) is 363 cm³/mol. The first kappa shape index (κ1) is 88.1. The zero-order chi connectivity index (χ0) is 66.6. The average Bonchev–Trinajstić information content (AvgIpc) is 3.67. The quantitative estimate of drug-likeness (QED) is 0.0222. The maximum Gasteiger partial charge on any atom is 0.472 e. The van der Waals surface area contributed by atoms with Crippen LogP contribution < -0.4 is 0 Å². The number of hydrogen-bond donors (Lipinski definition) is 3. The fourth-order valence-electron chi connectivity index (χ4n) is 10.7. The van der Waals surface area contributed by atoms with Gasteiger partial charge in [-0.3, -0.25) is 37.3 Å². The molecule has 0 aromatic rings. The van der Waals surface area contributed by atoms with Crippen molar-refractivity contribution in [1.29, 1.82) is 0 Å². The Morgan fingerprint density at radius 3 is 0.756 bits per heavy atom. The number of esters is 4. The second-order valence-electron chi connectivity index (χ2n) is 27.1. The average molecular weight is 1330 g/mol. The van der Waals surface area contributed by atoms with Gasteiger partial charge in [0.25, 0.3) is 0 Å². The van der Waals surface area contributed by atoms with Gasteiger partial charge < -0.3 is 33.8 Å². The first-order valence-electron chi connectivity index (χ1n) is 36.8. The highest BCUT2D eigenvalue weighted by molar-refractivity contribution is 7.47. The highest BCUT2D eigenvalue weighted by Crippen LogP contribution is 2.45. The third-order valence-electron chi connectivity index (χ3n) is 16.4. The van der Waals surface area contributed by atoms with Gasteiger partial charge in [-0.05, 0) is 43.4 Å². The summed E-state index contributed by atoms with van der Waals surface area (Å²) in [6.07, 6.45) is 45.7. The van der Waals surface area contributed by atoms with Crippen molar-refractivity contribution < 1.29 is 80.2 Å². The van der Waals surface area contributed by atoms with E-state index in [0.29, 0.717) is 25.7 Å². The summed E-state index contributed by atoms with van der Waals surface area (Å²) >= 11 is 0. The molecule has 0 aromatic carbocycles. The first-order valence-corrected chi connectivity index (χ1v) is 39.8. The van der Waals surface area contributed by atoms with Gasteiger partial charge in [0, 0.05) is 25.7 Å². The van der Waals surface area contributed by atoms with Crippen LogP contribution in [-0.4, -0.2) is 96.7 Å². The molecule has 0 aromatic heterocycles. The minimum absolute atomic E-state index is 0.105. The van der Waals surface area contributed by atoms with Gasteiger partial charge in [0.1, 0.15) is 19.3 Å². The van der Waals surface area contributed by atoms with Crippen molar-refractivity contribution in [2.45, 2.75) is 375 Å². The topological polar surface area (TPSA) is 237 Å². The van der Waals surface area contributed by atoms with E-state index in [4.69, 9.17) is 37.0 Å². The second kappa shape index (κ2) is 61.9. The Morgan fingerprint density at radius 1 is 0.300 bits per heavy atom. The molecule has 534 valence electrons. The molecule has 90 heavy (non-hydrogen) atoms. The number of unbranched alkanes of at least 4 members (excludes halogenated alkanes) is 37. The summed E-state index contributed by atoms with van der Waals surface area (Å²) in [6.45, 7) is 11.8. The summed E-state index contributed by atoms with van der Waals surface area (Å²) in [4.78, 5) is 72.6. The molecule has 0 aliphatic heterocycles. The van der Waals surface area contributed by atoms with Crippen LogP contribution in [0.5, 0.6) is 0 Å². The zero-order valence-electron chi connectivity index (χ0n) is 58.6. The molecule has 0 aliphatic carbocycles. The first-order chi connectivity index (χ1) is 43.2. The van der Waals surface area contributed by atoms with Crippen LogP contribution in [0.3, 0.4) is 0 Å². The summed E-state index contributed by atoms with van der Waals surface area (Å²) in [5.74, 6) is 0.142. The van der Waals surface area contributed by atoms with E-state index in [9.17, 15) is 43.2 Å². The van der Waals surface area contributed by atoms with Crippen LogP contribution in [0.15, 0.2) is 0 Å². The molecule has 0 spiro atoms. The Bertz CT molecular complexity index is 1770. The van der Waals surface area contributed by atoms with Crippen molar-refractivity contribution in [2.75, 3.05) is 39.6 Å². The molecule has 0 bridgehead atoms. The Kier molecular flexibility index (Phi) is 60.6. The monoisotopic (exact) mass is 1320 g/mol. The van der Waals surface area contributed by atoms with Crippen molar-refractivity contribution in [3.63, 3.8) is 0 Å². The maximum absolute atomic E-state index is 13.0. The van der Waals surface area contributed by atoms with Gasteiger partial charge >= 0.3 is 39.5 Å². The lowest BCUT2D eigenvalue weighted by Gasteiger charge is -2.21. The van der Waals surface area contributed by atoms with E-state index in [0.717, 1.165) is 108 Å². The van der Waals surface area contributed by atoms with E-state index in [1.165, 1.54) is 167 Å². The molecule has 19 heteroatoms. The summed E-state index contributed by atoms with van der Waals surface area (Å²) in [6, 6.07) is 0. The van der Waals surface area contributed by atoms with Crippen molar-refractivity contribution in [1.82, 2.24) is 0 Å². The standard InChI is InChI=1S/C71H138O17P2/c1-8-9-10-11-12-13-24-31-38-45-52-68(73)81-58-67(88-71(76)55-48-41-34-27-20-23-30-37-44-51-64(6)7)61-86-90(79,80)84-57-65(72)56-83-89(77,78)85-60-66(59-82-69(74)53-46-39-32-26-19-22-29-36-43-50-63(4)5)87-70(75)54-47-40-33-25-18-16-14-15-17-21-28-35-42-49-62(2)3/h62-67,72H,8-61H2,1-7H3,(H,77,78)(H,79,80)/t65-,66-,67-/m1/s1. The van der Waals surface area contributed by atoms with E-state index in [1.807, 2.05) is 0 Å². The Morgan fingerprint density at radius 2 is 0.511 bits per heavy atom. The van der Waals surface area contributed by atoms with Gasteiger partial charge in [-0.15, -0.1) is 0 Å². The van der Waals surface area contributed by atoms with E-state index < -0.39 is 97.5 Å². The molecular weight excluding hydrogens is 1190 g/mol. The van der Waals surface area contributed by atoms with Gasteiger partial charge in [-0.2, -0.15) is 0 Å². The highest BCUT2D eigenvalue weighted by Gasteiger charge is 2.30. The Labute approximate surface area is 549 Å². The lowest BCUT2D eigenvalue weighted by Crippen LogP contribution is -2.30. The third kappa shape index (κ3) is 64.8. The van der Waals surface area contributed by atoms with Crippen molar-refractivity contribution >= 4 is 39.5 Å². The summed E-state index contributed by atoms with van der Waals surface area (Å²) in [5, 5.41) is 10.6. The molecule has 0 saturated carbocycles. The number of carbonyl (C=O) groups is 4. The highest BCUT2D eigenvalue weighted by atomic mass is 31.2. The van der Waals surface area contributed by atoms with Crippen LogP contribution in [-0.2, 0) is 65.4 Å². The molecule has 0 rings (SSSR count). The zero-order valence-corrected chi connectivity index (χ0v) is 60.4. The van der Waals surface area contributed by atoms with Crippen molar-refractivity contribution in [3.8, 4) is 0 Å². The largest absolute Gasteiger partial charge is 0.472 e. The minimum Gasteiger partial charge on any atom is -0.462 e. The maximum atomic E-state index is 13.0. The number of hydrogen-bond acceptors (Lipinski definition) is 15. The summed E-state index contributed by atoms with van der Waals surface area (Å²) in [7, 11) is -9.90. The minimum atomic E-state index is -4.95. The lowest BCUT2D eigenvalue weighted by atomic mass is 10.0. The summed E-state index contributed by atoms with van der Waals surface area (Å²) < 4.78 is 68.3. The van der Waals surface area contributed by atoms with Gasteiger partial charge in [0.15, 0.2) is 12.2 Å². The molecule has 0 radical (unpaired) electrons. The van der Waals surface area contributed by atoms with E-state index >= 15 is 0 Å². The molecule has 0 saturated heterocycles. The van der Waals surface area contributed by atoms with Crippen LogP contribution >= 0.6 is 15.6 Å². The molecule has 0 amide bonds.